The van der Waals surface area contributed by atoms with E-state index >= 15 is 0 Å². The number of nitrogens with zero attached hydrogens (tertiary/aromatic N) is 3. The van der Waals surface area contributed by atoms with Gasteiger partial charge in [0.2, 0.25) is 0 Å². The molecule has 2 atom stereocenters. The van der Waals surface area contributed by atoms with Gasteiger partial charge in [0.25, 0.3) is 0 Å². The summed E-state index contributed by atoms with van der Waals surface area (Å²) in [6.07, 6.45) is 0. The standard InChI is InChI=1S/C9H11Cl2N5S/c1-4(6-3-7(10)17-8(6)11)12-5(2)9-13-15-16-14-9/h3-5,12H,1-2H3,(H,13,14,15,16). The van der Waals surface area contributed by atoms with Crippen LogP contribution < -0.4 is 5.32 Å². The van der Waals surface area contributed by atoms with Crippen molar-refractivity contribution >= 4 is 34.5 Å². The summed E-state index contributed by atoms with van der Waals surface area (Å²) in [6.45, 7) is 3.98. The zero-order chi connectivity index (χ0) is 12.4. The number of halogens is 2. The quantitative estimate of drug-likeness (QED) is 0.909. The number of nitrogens with one attached hydrogen (secondary N) is 2. The monoisotopic (exact) mass is 291 g/mol. The van der Waals surface area contributed by atoms with Crippen LogP contribution in [0.5, 0.6) is 0 Å². The van der Waals surface area contributed by atoms with Crippen molar-refractivity contribution in [3.05, 3.63) is 26.1 Å². The van der Waals surface area contributed by atoms with Gasteiger partial charge in [-0.3, -0.25) is 0 Å². The highest BCUT2D eigenvalue weighted by Gasteiger charge is 2.18. The molecular weight excluding hydrogens is 281 g/mol. The molecule has 0 aliphatic heterocycles. The van der Waals surface area contributed by atoms with Gasteiger partial charge in [0.1, 0.15) is 0 Å². The first kappa shape index (κ1) is 12.8. The zero-order valence-electron chi connectivity index (χ0n) is 9.24. The van der Waals surface area contributed by atoms with Gasteiger partial charge in [0, 0.05) is 6.04 Å². The molecule has 2 aromatic rings. The molecule has 2 N–H and O–H groups in total. The van der Waals surface area contributed by atoms with Crippen molar-refractivity contribution in [1.29, 1.82) is 0 Å². The maximum atomic E-state index is 6.09. The number of thiophene rings is 1. The van der Waals surface area contributed by atoms with E-state index in [0.29, 0.717) is 14.5 Å². The predicted octanol–water partition coefficient (Wildman–Crippen LogP) is 2.98. The van der Waals surface area contributed by atoms with Crippen molar-refractivity contribution in [3.63, 3.8) is 0 Å². The summed E-state index contributed by atoms with van der Waals surface area (Å²) < 4.78 is 1.39. The normalized spacial score (nSPS) is 14.8. The molecule has 5 nitrogen and oxygen atoms in total. The Hall–Kier alpha value is -0.690. The molecule has 2 unspecified atom stereocenters. The third-order valence-corrected chi connectivity index (χ3v) is 3.92. The molecule has 8 heteroatoms. The molecule has 0 saturated heterocycles. The van der Waals surface area contributed by atoms with Gasteiger partial charge in [-0.1, -0.05) is 28.4 Å². The molecule has 2 rings (SSSR count). The van der Waals surface area contributed by atoms with Crippen molar-refractivity contribution < 1.29 is 0 Å². The average molecular weight is 292 g/mol. The van der Waals surface area contributed by atoms with Crippen LogP contribution in [0.4, 0.5) is 0 Å². The largest absolute Gasteiger partial charge is 0.301 e. The fourth-order valence-electron chi connectivity index (χ4n) is 1.54. The van der Waals surface area contributed by atoms with Gasteiger partial charge in [-0.25, -0.2) is 0 Å². The van der Waals surface area contributed by atoms with Gasteiger partial charge in [0.05, 0.1) is 14.7 Å². The first-order chi connectivity index (χ1) is 8.08. The van der Waals surface area contributed by atoms with E-state index in [2.05, 4.69) is 25.9 Å². The summed E-state index contributed by atoms with van der Waals surface area (Å²) in [6, 6.07) is 1.92. The van der Waals surface area contributed by atoms with E-state index in [9.17, 15) is 0 Å². The van der Waals surface area contributed by atoms with Crippen LogP contribution in [0, 0.1) is 0 Å². The molecule has 0 fully saturated rings. The van der Waals surface area contributed by atoms with Gasteiger partial charge < -0.3 is 5.32 Å². The lowest BCUT2D eigenvalue weighted by Gasteiger charge is -2.17. The number of aromatic amines is 1. The molecular formula is C9H11Cl2N5S. The molecule has 0 radical (unpaired) electrons. The molecule has 0 bridgehead atoms. The second kappa shape index (κ2) is 5.30. The lowest BCUT2D eigenvalue weighted by atomic mass is 10.1. The highest BCUT2D eigenvalue weighted by molar-refractivity contribution is 7.20. The topological polar surface area (TPSA) is 66.5 Å². The highest BCUT2D eigenvalue weighted by Crippen LogP contribution is 2.35. The minimum Gasteiger partial charge on any atom is -0.301 e. The van der Waals surface area contributed by atoms with E-state index in [0.717, 1.165) is 5.56 Å². The van der Waals surface area contributed by atoms with Gasteiger partial charge in [0.15, 0.2) is 5.82 Å². The summed E-state index contributed by atoms with van der Waals surface area (Å²) in [5.74, 6) is 0.620. The fraction of sp³-hybridized carbons (Fsp3) is 0.444. The second-order valence-corrected chi connectivity index (χ2v) is 5.95. The lowest BCUT2D eigenvalue weighted by molar-refractivity contribution is 0.478. The van der Waals surface area contributed by atoms with Crippen LogP contribution in [-0.4, -0.2) is 20.6 Å². The van der Waals surface area contributed by atoms with Crippen molar-refractivity contribution in [3.8, 4) is 0 Å². The molecule has 92 valence electrons. The lowest BCUT2D eigenvalue weighted by Crippen LogP contribution is -2.23. The average Bonchev–Trinajstić information content (AvgIpc) is 2.87. The summed E-state index contributed by atoms with van der Waals surface area (Å²) in [5, 5.41) is 17.1. The number of H-pyrrole nitrogens is 1. The number of rotatable bonds is 4. The molecule has 0 aliphatic rings. The van der Waals surface area contributed by atoms with Crippen LogP contribution in [-0.2, 0) is 0 Å². The van der Waals surface area contributed by atoms with E-state index in [1.165, 1.54) is 11.3 Å². The smallest absolute Gasteiger partial charge is 0.191 e. The summed E-state index contributed by atoms with van der Waals surface area (Å²) >= 11 is 13.4. The summed E-state index contributed by atoms with van der Waals surface area (Å²) in [7, 11) is 0. The van der Waals surface area contributed by atoms with Crippen molar-refractivity contribution in [2.24, 2.45) is 0 Å². The Kier molecular flexibility index (Phi) is 3.98. The minimum atomic E-state index is -0.0153. The fourth-order valence-corrected chi connectivity index (χ4v) is 3.19. The van der Waals surface area contributed by atoms with Crippen molar-refractivity contribution in [2.75, 3.05) is 0 Å². The van der Waals surface area contributed by atoms with E-state index in [1.54, 1.807) is 0 Å². The Labute approximate surface area is 113 Å². The van der Waals surface area contributed by atoms with Crippen molar-refractivity contribution in [1.82, 2.24) is 25.9 Å². The van der Waals surface area contributed by atoms with Gasteiger partial charge >= 0.3 is 0 Å². The SMILES string of the molecule is CC(NC(C)c1cc(Cl)sc1Cl)c1nn[nH]n1. The third-order valence-electron chi connectivity index (χ3n) is 2.40. The van der Waals surface area contributed by atoms with Crippen LogP contribution in [0.15, 0.2) is 6.07 Å². The van der Waals surface area contributed by atoms with Gasteiger partial charge in [-0.2, -0.15) is 5.21 Å². The molecule has 17 heavy (non-hydrogen) atoms. The molecule has 0 saturated carbocycles. The van der Waals surface area contributed by atoms with Crippen molar-refractivity contribution in [2.45, 2.75) is 25.9 Å². The molecule has 0 aliphatic carbocycles. The molecule has 0 amide bonds. The molecule has 2 aromatic heterocycles. The third kappa shape index (κ3) is 2.95. The van der Waals surface area contributed by atoms with Crippen LogP contribution in [0.3, 0.4) is 0 Å². The van der Waals surface area contributed by atoms with E-state index in [1.807, 2.05) is 19.9 Å². The molecule has 2 heterocycles. The molecule has 0 spiro atoms. The van der Waals surface area contributed by atoms with Crippen LogP contribution in [0.1, 0.15) is 37.3 Å². The minimum absolute atomic E-state index is 0.0153. The molecule has 0 aromatic carbocycles. The Morgan fingerprint density at radius 3 is 2.65 bits per heavy atom. The number of hydrogen-bond acceptors (Lipinski definition) is 5. The first-order valence-corrected chi connectivity index (χ1v) is 6.59. The summed E-state index contributed by atoms with van der Waals surface area (Å²) in [5.41, 5.74) is 0.983. The highest BCUT2D eigenvalue weighted by atomic mass is 35.5. The number of aromatic nitrogens is 4. The van der Waals surface area contributed by atoms with Gasteiger partial charge in [-0.15, -0.1) is 21.5 Å². The van der Waals surface area contributed by atoms with Gasteiger partial charge in [-0.05, 0) is 25.5 Å². The van der Waals surface area contributed by atoms with Crippen LogP contribution >= 0.6 is 34.5 Å². The predicted molar refractivity (Wildman–Crippen MR) is 68.5 cm³/mol. The Balaban J connectivity index is 2.06. The number of tetrazole rings is 1. The van der Waals surface area contributed by atoms with E-state index in [-0.39, 0.29) is 12.1 Å². The Bertz CT molecular complexity index is 484. The van der Waals surface area contributed by atoms with E-state index in [4.69, 9.17) is 23.2 Å². The maximum absolute atomic E-state index is 6.09. The van der Waals surface area contributed by atoms with Crippen LogP contribution in [0.2, 0.25) is 8.67 Å². The summed E-state index contributed by atoms with van der Waals surface area (Å²) in [4.78, 5) is 0. The maximum Gasteiger partial charge on any atom is 0.191 e. The van der Waals surface area contributed by atoms with E-state index < -0.39 is 0 Å². The zero-order valence-corrected chi connectivity index (χ0v) is 11.6. The first-order valence-electron chi connectivity index (χ1n) is 5.02. The Morgan fingerprint density at radius 1 is 1.35 bits per heavy atom. The van der Waals surface area contributed by atoms with Crippen LogP contribution in [0.25, 0.3) is 0 Å². The number of hydrogen-bond donors (Lipinski definition) is 2. The second-order valence-electron chi connectivity index (χ2n) is 3.66. The Morgan fingerprint density at radius 2 is 2.12 bits per heavy atom.